The number of hydrogen-bond donors (Lipinski definition) is 1. The molecule has 0 aliphatic carbocycles. The van der Waals surface area contributed by atoms with Gasteiger partial charge in [0.25, 0.3) is 0 Å². The van der Waals surface area contributed by atoms with Crippen molar-refractivity contribution in [3.63, 3.8) is 0 Å². The number of ketones is 1. The topological polar surface area (TPSA) is 144 Å². The van der Waals surface area contributed by atoms with Crippen molar-refractivity contribution in [2.45, 2.75) is 12.8 Å². The van der Waals surface area contributed by atoms with Crippen molar-refractivity contribution in [2.75, 3.05) is 66.1 Å². The Balaban J connectivity index is 3.23. The molecule has 0 aromatic heterocycles. The Morgan fingerprint density at radius 2 is 1.07 bits per heavy atom. The number of ether oxygens (including phenoxy) is 6. The van der Waals surface area contributed by atoms with Gasteiger partial charge in [0, 0.05) is 12.5 Å². The summed E-state index contributed by atoms with van der Waals surface area (Å²) in [5.74, 6) is -3.74. The van der Waals surface area contributed by atoms with E-state index in [1.807, 2.05) is 0 Å². The van der Waals surface area contributed by atoms with E-state index in [-0.39, 0.29) is 39.3 Å². The summed E-state index contributed by atoms with van der Waals surface area (Å²) in [5, 5.41) is 8.37. The van der Waals surface area contributed by atoms with Crippen molar-refractivity contribution in [1.29, 1.82) is 0 Å². The van der Waals surface area contributed by atoms with Gasteiger partial charge in [-0.15, -0.1) is 0 Å². The fraction of sp³-hybridized carbons (Fsp3) is 0.667. The van der Waals surface area contributed by atoms with Gasteiger partial charge in [-0.1, -0.05) is 6.58 Å². The Bertz CT molecular complexity index is 504. The van der Waals surface area contributed by atoms with Gasteiger partial charge in [0.2, 0.25) is 5.78 Å². The number of Topliss-reactive ketones (excluding diaryl/α,β-unsaturated/α-hetero) is 1. The number of carbonyl (C=O) groups excluding carboxylic acids is 3. The van der Waals surface area contributed by atoms with Gasteiger partial charge in [-0.25, -0.2) is 9.59 Å². The molecule has 0 rings (SSSR count). The Morgan fingerprint density at radius 3 is 1.48 bits per heavy atom. The first-order valence-electron chi connectivity index (χ1n) is 8.99. The Hall–Kier alpha value is -2.34. The summed E-state index contributed by atoms with van der Waals surface area (Å²) in [5.41, 5.74) is 0. The van der Waals surface area contributed by atoms with Crippen LogP contribution >= 0.6 is 0 Å². The number of hydrogen-bond acceptors (Lipinski definition) is 10. The van der Waals surface area contributed by atoms with Crippen LogP contribution in [0.15, 0.2) is 12.7 Å². The summed E-state index contributed by atoms with van der Waals surface area (Å²) in [7, 11) is 0. The van der Waals surface area contributed by atoms with Crippen molar-refractivity contribution in [3.05, 3.63) is 12.7 Å². The minimum atomic E-state index is -1.57. The Kier molecular flexibility index (Phi) is 17.5. The molecule has 0 aliphatic rings. The molecule has 0 saturated carbocycles. The molecule has 11 nitrogen and oxygen atoms in total. The average Bonchev–Trinajstić information content (AvgIpc) is 2.71. The summed E-state index contributed by atoms with van der Waals surface area (Å²) in [6.07, 6.45) is 0.421. The second-order valence-corrected chi connectivity index (χ2v) is 5.27. The summed E-state index contributed by atoms with van der Waals surface area (Å²) in [6.45, 7) is 6.08. The van der Waals surface area contributed by atoms with Crippen LogP contribution in [-0.2, 0) is 47.6 Å². The summed E-state index contributed by atoms with van der Waals surface area (Å²) >= 11 is 0. The Morgan fingerprint density at radius 1 is 0.655 bits per heavy atom. The molecular weight excluding hydrogens is 392 g/mol. The monoisotopic (exact) mass is 420 g/mol. The maximum absolute atomic E-state index is 11.2. The quantitative estimate of drug-likeness (QED) is 0.121. The molecule has 11 heteroatoms. The van der Waals surface area contributed by atoms with Crippen LogP contribution in [0.4, 0.5) is 0 Å². The molecule has 0 heterocycles. The minimum absolute atomic E-state index is 0.00992. The molecule has 166 valence electrons. The highest BCUT2D eigenvalue weighted by atomic mass is 16.6. The average molecular weight is 420 g/mol. The lowest BCUT2D eigenvalue weighted by Gasteiger charge is -2.08. The molecule has 0 unspecified atom stereocenters. The van der Waals surface area contributed by atoms with E-state index >= 15 is 0 Å². The van der Waals surface area contributed by atoms with Crippen molar-refractivity contribution in [3.8, 4) is 0 Å². The van der Waals surface area contributed by atoms with Crippen LogP contribution in [0.2, 0.25) is 0 Å². The van der Waals surface area contributed by atoms with Gasteiger partial charge in [0.05, 0.1) is 59.3 Å². The zero-order chi connectivity index (χ0) is 21.7. The number of carboxylic acid groups (broad SMARTS) is 1. The Labute approximate surface area is 168 Å². The summed E-state index contributed by atoms with van der Waals surface area (Å²) < 4.78 is 30.4. The summed E-state index contributed by atoms with van der Waals surface area (Å²) in [6, 6.07) is 0. The predicted molar refractivity (Wildman–Crippen MR) is 97.3 cm³/mol. The standard InChI is InChI=1S/C18H28O11/c1-2-16(20)28-13-11-26-9-7-24-5-6-25-8-10-27-12-14-29-17(21)4-3-15(19)18(22)23/h2H,1,3-14H2,(H,22,23). The molecule has 0 fully saturated rings. The highest BCUT2D eigenvalue weighted by Gasteiger charge is 2.14. The van der Waals surface area contributed by atoms with Gasteiger partial charge in [0.15, 0.2) is 0 Å². The smallest absolute Gasteiger partial charge is 0.372 e. The van der Waals surface area contributed by atoms with E-state index in [1.165, 1.54) is 0 Å². The second-order valence-electron chi connectivity index (χ2n) is 5.27. The minimum Gasteiger partial charge on any atom is -0.476 e. The molecule has 0 bridgehead atoms. The molecule has 0 spiro atoms. The van der Waals surface area contributed by atoms with Crippen LogP contribution in [0.3, 0.4) is 0 Å². The predicted octanol–water partition coefficient (Wildman–Crippen LogP) is -0.241. The second kappa shape index (κ2) is 19.0. The van der Waals surface area contributed by atoms with Crippen LogP contribution in [0.1, 0.15) is 12.8 Å². The fourth-order valence-electron chi connectivity index (χ4n) is 1.63. The van der Waals surface area contributed by atoms with Gasteiger partial charge in [-0.05, 0) is 0 Å². The highest BCUT2D eigenvalue weighted by molar-refractivity contribution is 6.32. The van der Waals surface area contributed by atoms with E-state index in [0.29, 0.717) is 39.6 Å². The number of esters is 2. The fourth-order valence-corrected chi connectivity index (χ4v) is 1.63. The zero-order valence-electron chi connectivity index (χ0n) is 16.3. The lowest BCUT2D eigenvalue weighted by atomic mass is 10.2. The van der Waals surface area contributed by atoms with Gasteiger partial charge in [-0.3, -0.25) is 9.59 Å². The van der Waals surface area contributed by atoms with Crippen molar-refractivity contribution >= 4 is 23.7 Å². The maximum Gasteiger partial charge on any atom is 0.372 e. The van der Waals surface area contributed by atoms with E-state index in [0.717, 1.165) is 6.08 Å². The molecular formula is C18H28O11. The third-order valence-electron chi connectivity index (χ3n) is 3.04. The third kappa shape index (κ3) is 18.8. The molecule has 0 aromatic carbocycles. The normalized spacial score (nSPS) is 10.3. The van der Waals surface area contributed by atoms with Gasteiger partial charge < -0.3 is 33.5 Å². The van der Waals surface area contributed by atoms with Gasteiger partial charge in [0.1, 0.15) is 13.2 Å². The molecule has 0 radical (unpaired) electrons. The van der Waals surface area contributed by atoms with Crippen molar-refractivity contribution in [2.24, 2.45) is 0 Å². The first kappa shape index (κ1) is 26.7. The van der Waals surface area contributed by atoms with Gasteiger partial charge >= 0.3 is 17.9 Å². The largest absolute Gasteiger partial charge is 0.476 e. The number of carboxylic acids is 1. The molecule has 0 aliphatic heterocycles. The van der Waals surface area contributed by atoms with E-state index in [9.17, 15) is 19.2 Å². The van der Waals surface area contributed by atoms with Crippen molar-refractivity contribution < 1.29 is 52.7 Å². The molecule has 29 heavy (non-hydrogen) atoms. The van der Waals surface area contributed by atoms with Crippen LogP contribution < -0.4 is 0 Å². The lowest BCUT2D eigenvalue weighted by molar-refractivity contribution is -0.151. The lowest BCUT2D eigenvalue weighted by Crippen LogP contribution is -2.17. The van der Waals surface area contributed by atoms with Crippen LogP contribution in [0.5, 0.6) is 0 Å². The van der Waals surface area contributed by atoms with E-state index in [1.54, 1.807) is 0 Å². The van der Waals surface area contributed by atoms with Crippen LogP contribution in [-0.4, -0.2) is 94.9 Å². The highest BCUT2D eigenvalue weighted by Crippen LogP contribution is 1.95. The maximum atomic E-state index is 11.2. The first-order chi connectivity index (χ1) is 14.0. The van der Waals surface area contributed by atoms with Gasteiger partial charge in [-0.2, -0.15) is 0 Å². The van der Waals surface area contributed by atoms with E-state index in [2.05, 4.69) is 6.58 Å². The molecule has 0 atom stereocenters. The molecule has 1 N–H and O–H groups in total. The number of rotatable bonds is 20. The molecule has 0 amide bonds. The van der Waals surface area contributed by atoms with Crippen LogP contribution in [0, 0.1) is 0 Å². The van der Waals surface area contributed by atoms with E-state index < -0.39 is 23.7 Å². The SMILES string of the molecule is C=CC(=O)OCCOCCOCCOCCOCCOC(=O)CCC(=O)C(=O)O. The number of aliphatic carboxylic acids is 1. The van der Waals surface area contributed by atoms with Crippen molar-refractivity contribution in [1.82, 2.24) is 0 Å². The zero-order valence-corrected chi connectivity index (χ0v) is 16.3. The first-order valence-corrected chi connectivity index (χ1v) is 8.99. The molecule has 0 aromatic rings. The van der Waals surface area contributed by atoms with E-state index in [4.69, 9.17) is 33.5 Å². The molecule has 0 saturated heterocycles. The summed E-state index contributed by atoms with van der Waals surface area (Å²) in [4.78, 5) is 43.1. The third-order valence-corrected chi connectivity index (χ3v) is 3.04. The number of carbonyl (C=O) groups is 4. The van der Waals surface area contributed by atoms with Crippen LogP contribution in [0.25, 0.3) is 0 Å².